The molecule has 9 aromatic carbocycles. The summed E-state index contributed by atoms with van der Waals surface area (Å²) < 4.78 is 31.8. The smallest absolute Gasteiger partial charge is 0.243 e. The minimum atomic E-state index is -2.97. The van der Waals surface area contributed by atoms with Crippen molar-refractivity contribution in [1.29, 1.82) is 0 Å². The van der Waals surface area contributed by atoms with Crippen molar-refractivity contribution in [2.75, 3.05) is 0 Å². The molecule has 3 atom stereocenters. The lowest BCUT2D eigenvalue weighted by molar-refractivity contribution is -0.696. The van der Waals surface area contributed by atoms with Crippen molar-refractivity contribution in [3.63, 3.8) is 0 Å². The predicted octanol–water partition coefficient (Wildman–Crippen LogP) is 17.5. The second kappa shape index (κ2) is 44.3. The molecule has 0 saturated heterocycles. The van der Waals surface area contributed by atoms with Gasteiger partial charge in [-0.1, -0.05) is 267 Å². The number of carbonyl (C=O) groups is 3. The Hall–Kier alpha value is -7.66. The monoisotopic (exact) mass is 1750 g/mol. The van der Waals surface area contributed by atoms with Crippen LogP contribution >= 0.6 is 139 Å². The third-order valence-corrected chi connectivity index (χ3v) is 20.9. The van der Waals surface area contributed by atoms with E-state index in [0.29, 0.717) is 99.7 Å². The van der Waals surface area contributed by atoms with Gasteiger partial charge in [0.15, 0.2) is 0 Å². The minimum absolute atomic E-state index is 0.295. The average Bonchev–Trinajstić information content (AvgIpc) is 1.08. The molecule has 112 heavy (non-hydrogen) atoms. The van der Waals surface area contributed by atoms with Crippen LogP contribution in [0, 0.1) is 0 Å². The number of hydrogen-bond acceptors (Lipinski definition) is 10. The van der Waals surface area contributed by atoms with E-state index < -0.39 is 36.4 Å². The number of aliphatic hydroxyl groups is 1. The van der Waals surface area contributed by atoms with E-state index in [1.54, 1.807) is 54.6 Å². The van der Waals surface area contributed by atoms with Gasteiger partial charge < -0.3 is 49.0 Å². The molecule has 3 aromatic heterocycles. The molecule has 0 bridgehead atoms. The van der Waals surface area contributed by atoms with Crippen LogP contribution in [0.5, 0.6) is 0 Å². The molecule has 12 rings (SSSR count). The zero-order chi connectivity index (χ0) is 80.3. The molecule has 0 saturated carbocycles. The van der Waals surface area contributed by atoms with E-state index in [0.717, 1.165) is 72.3 Å². The third kappa shape index (κ3) is 28.7. The molecule has 12 aromatic rings. The number of halogens is 12. The summed E-state index contributed by atoms with van der Waals surface area (Å²) in [5, 5.41) is 45.9. The Kier molecular flexibility index (Phi) is 34.9. The maximum Gasteiger partial charge on any atom is 0.243 e. The van der Waals surface area contributed by atoms with Crippen molar-refractivity contribution < 1.29 is 62.7 Å². The van der Waals surface area contributed by atoms with Crippen molar-refractivity contribution in [1.82, 2.24) is 13.7 Å². The Morgan fingerprint density at radius 2 is 0.607 bits per heavy atom. The van der Waals surface area contributed by atoms with Crippen LogP contribution in [-0.4, -0.2) is 42.3 Å². The number of carboxylic acid groups (broad SMARTS) is 3. The van der Waals surface area contributed by atoms with E-state index >= 15 is 0 Å². The number of ether oxygens (including phenoxy) is 3. The fraction of sp³-hybridized carbons (Fsp3) is 0.214. The van der Waals surface area contributed by atoms with Gasteiger partial charge in [0.2, 0.25) is 19.0 Å². The Morgan fingerprint density at radius 3 is 0.839 bits per heavy atom. The maximum atomic E-state index is 10.1. The molecule has 1 N–H and O–H groups in total. The van der Waals surface area contributed by atoms with Crippen LogP contribution in [0.2, 0.25) is 60.3 Å². The Labute approximate surface area is 709 Å². The molecule has 0 aliphatic rings. The van der Waals surface area contributed by atoms with E-state index in [1.165, 1.54) is 16.7 Å². The fourth-order valence-corrected chi connectivity index (χ4v) is 14.5. The largest absolute Gasteiger partial charge is 0.550 e. The molecule has 3 unspecified atom stereocenters. The van der Waals surface area contributed by atoms with Crippen LogP contribution in [0.25, 0.3) is 0 Å². The first-order valence-electron chi connectivity index (χ1n) is 34.8. The molecule has 0 aliphatic carbocycles. The van der Waals surface area contributed by atoms with Gasteiger partial charge >= 0.3 is 0 Å². The van der Waals surface area contributed by atoms with Crippen LogP contribution in [0.1, 0.15) is 81.2 Å². The van der Waals surface area contributed by atoms with E-state index in [9.17, 15) is 29.7 Å². The first-order valence-corrected chi connectivity index (χ1v) is 39.4. The highest BCUT2D eigenvalue weighted by molar-refractivity contribution is 6.38. The Morgan fingerprint density at radius 1 is 0.357 bits per heavy atom. The van der Waals surface area contributed by atoms with Gasteiger partial charge in [-0.2, -0.15) is 0 Å². The highest BCUT2D eigenvalue weighted by Gasteiger charge is 2.30. The maximum absolute atomic E-state index is 10.1. The number of carbonyl (C=O) groups excluding carboxylic acids is 3. The van der Waals surface area contributed by atoms with Gasteiger partial charge in [-0.15, -0.1) is 0 Å². The van der Waals surface area contributed by atoms with E-state index in [-0.39, 0.29) is 18.3 Å². The van der Waals surface area contributed by atoms with Crippen molar-refractivity contribution in [3.8, 4) is 0 Å². The molecule has 584 valence electrons. The second-order valence-electron chi connectivity index (χ2n) is 25.8. The third-order valence-electron chi connectivity index (χ3n) is 17.4. The standard InChI is InChI=1S/3C26H23Cl4N2O.C6H8O7/c3*27-21-7-6-20(24(29)14-21)17-33-26(23-9-8-22(28)15-25(23)30)16-32-13-12-31(18-32)11-10-19-4-2-1-3-5-19;7-3(8)1-6(13,5(11)12)2-4(9)10/h3*1-9,12-15,18,26H,10-11,16-17H2;13H,1-2H2,(H,7,8)(H,9,10)(H,11,12)/q3*+1;/p-3. The fourth-order valence-electron chi connectivity index (χ4n) is 11.5. The summed E-state index contributed by atoms with van der Waals surface area (Å²) >= 11 is 75.0. The summed E-state index contributed by atoms with van der Waals surface area (Å²) in [4.78, 5) is 30.0. The van der Waals surface area contributed by atoms with Gasteiger partial charge in [0.25, 0.3) is 0 Å². The summed E-state index contributed by atoms with van der Waals surface area (Å²) in [6, 6.07) is 63.9. The number of aromatic nitrogens is 6. The first-order chi connectivity index (χ1) is 53.7. The predicted molar refractivity (Wildman–Crippen MR) is 435 cm³/mol. The number of hydrogen-bond donors (Lipinski definition) is 1. The van der Waals surface area contributed by atoms with E-state index in [4.69, 9.17) is 159 Å². The van der Waals surface area contributed by atoms with Crippen molar-refractivity contribution >= 4 is 157 Å². The van der Waals surface area contributed by atoms with Crippen molar-refractivity contribution in [2.45, 2.75) is 115 Å². The summed E-state index contributed by atoms with van der Waals surface area (Å²) in [5.41, 5.74) is 6.16. The van der Waals surface area contributed by atoms with Gasteiger partial charge in [-0.3, -0.25) is 0 Å². The molecule has 0 fully saturated rings. The number of aliphatic carboxylic acids is 3. The van der Waals surface area contributed by atoms with Crippen LogP contribution in [-0.2, 0) is 107 Å². The van der Waals surface area contributed by atoms with Crippen LogP contribution in [0.3, 0.4) is 0 Å². The minimum Gasteiger partial charge on any atom is -0.550 e. The van der Waals surface area contributed by atoms with Crippen LogP contribution in [0.15, 0.2) is 256 Å². The molecule has 0 amide bonds. The summed E-state index contributed by atoms with van der Waals surface area (Å²) in [7, 11) is 0. The highest BCUT2D eigenvalue weighted by atomic mass is 35.5. The normalized spacial score (nSPS) is 12.0. The second-order valence-corrected chi connectivity index (χ2v) is 30.8. The van der Waals surface area contributed by atoms with Gasteiger partial charge in [-0.05, 0) is 106 Å². The Bertz CT molecular complexity index is 4590. The van der Waals surface area contributed by atoms with E-state index in [2.05, 4.69) is 138 Å². The van der Waals surface area contributed by atoms with Gasteiger partial charge in [0.05, 0.1) is 45.4 Å². The lowest BCUT2D eigenvalue weighted by atomic mass is 9.96. The number of benzene rings is 9. The van der Waals surface area contributed by atoms with Gasteiger partial charge in [0, 0.05) is 121 Å². The molecular formula is C84H74Cl12N6O10. The average molecular weight is 1750 g/mol. The number of rotatable bonds is 32. The van der Waals surface area contributed by atoms with Crippen molar-refractivity contribution in [3.05, 3.63) is 367 Å². The van der Waals surface area contributed by atoms with Crippen LogP contribution in [0.4, 0.5) is 0 Å². The Balaban J connectivity index is 0.000000179. The molecule has 28 heteroatoms. The number of aryl methyl sites for hydroxylation is 6. The SMILES string of the molecule is Clc1ccc(COC(Cn2cc[n+](CCc3ccccc3)c2)c2ccc(Cl)cc2Cl)c(Cl)c1.Clc1ccc(COC(Cn2cc[n+](CCc3ccccc3)c2)c2ccc(Cl)cc2Cl)c(Cl)c1.Clc1ccc(COC(Cn2cc[n+](CCc3ccccc3)c2)c2ccc(Cl)cc2Cl)c(Cl)c1.O=C([O-])CC(O)(CC(=O)[O-])C(=O)[O-]. The van der Waals surface area contributed by atoms with Gasteiger partial charge in [-0.25, -0.2) is 27.4 Å². The topological polar surface area (TPSA) is 195 Å². The van der Waals surface area contributed by atoms with Crippen LogP contribution < -0.4 is 29.0 Å². The number of imidazole rings is 3. The lowest BCUT2D eigenvalue weighted by Gasteiger charge is -2.29. The number of carboxylic acids is 3. The molecule has 0 spiro atoms. The zero-order valence-electron chi connectivity index (χ0n) is 59.7. The summed E-state index contributed by atoms with van der Waals surface area (Å²) in [6.45, 7) is 5.43. The molecule has 0 aliphatic heterocycles. The zero-order valence-corrected chi connectivity index (χ0v) is 68.8. The molecule has 16 nitrogen and oxygen atoms in total. The first kappa shape index (κ1) is 88.3. The van der Waals surface area contributed by atoms with Gasteiger partial charge in [0.1, 0.15) is 80.7 Å². The van der Waals surface area contributed by atoms with E-state index in [1.807, 2.05) is 91.4 Å². The summed E-state index contributed by atoms with van der Waals surface area (Å²) in [6.07, 6.45) is 17.9. The lowest BCUT2D eigenvalue weighted by Crippen LogP contribution is -2.54. The molecule has 0 radical (unpaired) electrons. The highest BCUT2D eigenvalue weighted by Crippen LogP contribution is 2.36. The molecular weight excluding hydrogens is 1680 g/mol. The quantitative estimate of drug-likeness (QED) is 0.0396. The molecule has 3 heterocycles. The number of nitrogens with zero attached hydrogens (tertiary/aromatic N) is 6. The van der Waals surface area contributed by atoms with Crippen molar-refractivity contribution in [2.24, 2.45) is 0 Å². The summed E-state index contributed by atoms with van der Waals surface area (Å²) in [5.74, 6) is -5.98.